The topological polar surface area (TPSA) is 69.2 Å². The van der Waals surface area contributed by atoms with Gasteiger partial charge in [0.25, 0.3) is 0 Å². The highest BCUT2D eigenvalue weighted by atomic mass is 16.5. The third-order valence-corrected chi connectivity index (χ3v) is 2.87. The summed E-state index contributed by atoms with van der Waals surface area (Å²) in [6, 6.07) is 0. The van der Waals surface area contributed by atoms with Crippen molar-refractivity contribution >= 4 is 0 Å². The molecule has 1 aliphatic heterocycles. The maximum Gasteiger partial charge on any atom is 0.0897 e. The average Bonchev–Trinajstić information content (AvgIpc) is 2.91. The van der Waals surface area contributed by atoms with Gasteiger partial charge in [0, 0.05) is 26.8 Å². The van der Waals surface area contributed by atoms with Crippen LogP contribution in [0.25, 0.3) is 0 Å². The first kappa shape index (κ1) is 16.8. The SMILES string of the molecule is COCCOCCNCC(O)COCC1CCCO1. The highest BCUT2D eigenvalue weighted by Crippen LogP contribution is 2.11. The zero-order valence-electron chi connectivity index (χ0n) is 11.8. The lowest BCUT2D eigenvalue weighted by molar-refractivity contribution is -0.0168. The van der Waals surface area contributed by atoms with Crippen molar-refractivity contribution in [1.82, 2.24) is 5.32 Å². The number of aliphatic hydroxyl groups is 1. The predicted molar refractivity (Wildman–Crippen MR) is 71.4 cm³/mol. The Morgan fingerprint density at radius 2 is 2.21 bits per heavy atom. The number of methoxy groups -OCH3 is 1. The Balaban J connectivity index is 1.80. The summed E-state index contributed by atoms with van der Waals surface area (Å²) in [6.45, 7) is 4.82. The van der Waals surface area contributed by atoms with Crippen LogP contribution in [0.2, 0.25) is 0 Å². The van der Waals surface area contributed by atoms with E-state index >= 15 is 0 Å². The average molecular weight is 277 g/mol. The van der Waals surface area contributed by atoms with Gasteiger partial charge >= 0.3 is 0 Å². The van der Waals surface area contributed by atoms with E-state index in [1.54, 1.807) is 7.11 Å². The zero-order valence-corrected chi connectivity index (χ0v) is 11.8. The van der Waals surface area contributed by atoms with Gasteiger partial charge in [0.05, 0.1) is 45.2 Å². The highest BCUT2D eigenvalue weighted by Gasteiger charge is 2.15. The van der Waals surface area contributed by atoms with Gasteiger partial charge in [-0.2, -0.15) is 0 Å². The molecule has 1 aliphatic rings. The van der Waals surface area contributed by atoms with Crippen LogP contribution in [0, 0.1) is 0 Å². The first-order valence-corrected chi connectivity index (χ1v) is 6.97. The fraction of sp³-hybridized carbons (Fsp3) is 1.00. The third-order valence-electron chi connectivity index (χ3n) is 2.87. The predicted octanol–water partition coefficient (Wildman–Crippen LogP) is -0.204. The molecule has 6 heteroatoms. The largest absolute Gasteiger partial charge is 0.389 e. The van der Waals surface area contributed by atoms with Crippen LogP contribution in [0.5, 0.6) is 0 Å². The fourth-order valence-electron chi connectivity index (χ4n) is 1.83. The Morgan fingerprint density at radius 1 is 1.32 bits per heavy atom. The molecule has 0 aromatic carbocycles. The molecule has 0 aromatic rings. The summed E-state index contributed by atoms with van der Waals surface area (Å²) >= 11 is 0. The second-order valence-electron chi connectivity index (χ2n) is 4.64. The van der Waals surface area contributed by atoms with E-state index in [2.05, 4.69) is 5.32 Å². The number of aliphatic hydroxyl groups excluding tert-OH is 1. The van der Waals surface area contributed by atoms with Crippen molar-refractivity contribution in [1.29, 1.82) is 0 Å². The van der Waals surface area contributed by atoms with Crippen LogP contribution in [0.1, 0.15) is 12.8 Å². The Hall–Kier alpha value is -0.240. The van der Waals surface area contributed by atoms with E-state index in [9.17, 15) is 5.11 Å². The Labute approximate surface area is 115 Å². The van der Waals surface area contributed by atoms with Crippen molar-refractivity contribution in [2.45, 2.75) is 25.0 Å². The molecule has 0 aromatic heterocycles. The molecule has 19 heavy (non-hydrogen) atoms. The molecule has 1 rings (SSSR count). The summed E-state index contributed by atoms with van der Waals surface area (Å²) in [5.74, 6) is 0. The van der Waals surface area contributed by atoms with E-state index in [1.165, 1.54) is 0 Å². The number of nitrogens with one attached hydrogen (secondary N) is 1. The molecule has 1 heterocycles. The maximum atomic E-state index is 9.67. The zero-order chi connectivity index (χ0) is 13.8. The molecular weight excluding hydrogens is 250 g/mol. The Bertz CT molecular complexity index is 199. The summed E-state index contributed by atoms with van der Waals surface area (Å²) in [4.78, 5) is 0. The monoisotopic (exact) mass is 277 g/mol. The van der Waals surface area contributed by atoms with Gasteiger partial charge in [0.1, 0.15) is 0 Å². The van der Waals surface area contributed by atoms with Crippen molar-refractivity contribution in [2.75, 3.05) is 59.8 Å². The summed E-state index contributed by atoms with van der Waals surface area (Å²) in [6.07, 6.45) is 1.91. The van der Waals surface area contributed by atoms with Crippen molar-refractivity contribution in [3.8, 4) is 0 Å². The molecule has 0 amide bonds. The minimum Gasteiger partial charge on any atom is -0.389 e. The Kier molecular flexibility index (Phi) is 10.2. The minimum absolute atomic E-state index is 0.217. The van der Waals surface area contributed by atoms with E-state index in [1.807, 2.05) is 0 Å². The molecule has 0 spiro atoms. The summed E-state index contributed by atoms with van der Waals surface area (Å²) < 4.78 is 21.0. The van der Waals surface area contributed by atoms with Crippen LogP contribution in [0.3, 0.4) is 0 Å². The molecule has 1 fully saturated rings. The van der Waals surface area contributed by atoms with Crippen molar-refractivity contribution in [3.63, 3.8) is 0 Å². The standard InChI is InChI=1S/C13H27NO5/c1-16-7-8-17-6-4-14-9-12(15)10-18-11-13-3-2-5-19-13/h12-15H,2-11H2,1H3. The van der Waals surface area contributed by atoms with Gasteiger partial charge in [-0.25, -0.2) is 0 Å². The fourth-order valence-corrected chi connectivity index (χ4v) is 1.83. The molecule has 2 unspecified atom stereocenters. The molecule has 0 aliphatic carbocycles. The third kappa shape index (κ3) is 9.32. The lowest BCUT2D eigenvalue weighted by atomic mass is 10.2. The number of hydrogen-bond donors (Lipinski definition) is 2. The normalized spacial score (nSPS) is 20.8. The van der Waals surface area contributed by atoms with Crippen LogP contribution < -0.4 is 5.32 Å². The second-order valence-corrected chi connectivity index (χ2v) is 4.64. The lowest BCUT2D eigenvalue weighted by Gasteiger charge is -2.14. The maximum absolute atomic E-state index is 9.67. The highest BCUT2D eigenvalue weighted by molar-refractivity contribution is 4.64. The molecule has 6 nitrogen and oxygen atoms in total. The molecule has 114 valence electrons. The van der Waals surface area contributed by atoms with Crippen LogP contribution >= 0.6 is 0 Å². The van der Waals surface area contributed by atoms with Gasteiger partial charge in [-0.15, -0.1) is 0 Å². The van der Waals surface area contributed by atoms with Crippen LogP contribution in [0.15, 0.2) is 0 Å². The van der Waals surface area contributed by atoms with Crippen LogP contribution in [-0.4, -0.2) is 77.2 Å². The van der Waals surface area contributed by atoms with Crippen LogP contribution in [0.4, 0.5) is 0 Å². The molecule has 0 bridgehead atoms. The smallest absolute Gasteiger partial charge is 0.0897 e. The summed E-state index contributed by atoms with van der Waals surface area (Å²) in [5.41, 5.74) is 0. The van der Waals surface area contributed by atoms with Gasteiger partial charge in [-0.3, -0.25) is 0 Å². The molecular formula is C13H27NO5. The number of ether oxygens (including phenoxy) is 4. The van der Waals surface area contributed by atoms with Gasteiger partial charge in [0.15, 0.2) is 0 Å². The van der Waals surface area contributed by atoms with E-state index < -0.39 is 6.10 Å². The van der Waals surface area contributed by atoms with Crippen molar-refractivity contribution in [2.24, 2.45) is 0 Å². The van der Waals surface area contributed by atoms with Gasteiger partial charge in [-0.1, -0.05) is 0 Å². The quantitative estimate of drug-likeness (QED) is 0.481. The van der Waals surface area contributed by atoms with Gasteiger partial charge < -0.3 is 29.4 Å². The van der Waals surface area contributed by atoms with Crippen molar-refractivity contribution in [3.05, 3.63) is 0 Å². The second kappa shape index (κ2) is 11.6. The van der Waals surface area contributed by atoms with Gasteiger partial charge in [0.2, 0.25) is 0 Å². The molecule has 0 saturated carbocycles. The first-order chi connectivity index (χ1) is 9.33. The number of rotatable bonds is 12. The van der Waals surface area contributed by atoms with Crippen molar-refractivity contribution < 1.29 is 24.1 Å². The van der Waals surface area contributed by atoms with E-state index in [0.29, 0.717) is 46.1 Å². The van der Waals surface area contributed by atoms with E-state index in [4.69, 9.17) is 18.9 Å². The van der Waals surface area contributed by atoms with E-state index in [-0.39, 0.29) is 6.10 Å². The Morgan fingerprint density at radius 3 is 2.95 bits per heavy atom. The number of hydrogen-bond acceptors (Lipinski definition) is 6. The molecule has 0 radical (unpaired) electrons. The van der Waals surface area contributed by atoms with E-state index in [0.717, 1.165) is 19.4 Å². The minimum atomic E-state index is -0.486. The lowest BCUT2D eigenvalue weighted by Crippen LogP contribution is -2.33. The summed E-state index contributed by atoms with van der Waals surface area (Å²) in [5, 5.41) is 12.8. The molecule has 1 saturated heterocycles. The van der Waals surface area contributed by atoms with Gasteiger partial charge in [-0.05, 0) is 12.8 Å². The summed E-state index contributed by atoms with van der Waals surface area (Å²) in [7, 11) is 1.65. The first-order valence-electron chi connectivity index (χ1n) is 6.97. The molecule has 2 N–H and O–H groups in total. The molecule has 2 atom stereocenters. The van der Waals surface area contributed by atoms with Crippen LogP contribution in [-0.2, 0) is 18.9 Å².